The van der Waals surface area contributed by atoms with E-state index in [-0.39, 0.29) is 5.54 Å². The van der Waals surface area contributed by atoms with Crippen LogP contribution in [-0.4, -0.2) is 46.4 Å². The van der Waals surface area contributed by atoms with E-state index in [1.807, 2.05) is 0 Å². The number of hydrogen-bond acceptors (Lipinski definition) is 3. The molecule has 0 aliphatic rings. The highest BCUT2D eigenvalue weighted by Crippen LogP contribution is 2.27. The Balaban J connectivity index is 3.07. The van der Waals surface area contributed by atoms with Gasteiger partial charge in [-0.2, -0.15) is 5.10 Å². The third-order valence-corrected chi connectivity index (χ3v) is 5.66. The van der Waals surface area contributed by atoms with Gasteiger partial charge in [0.15, 0.2) is 0 Å². The normalized spacial score (nSPS) is 14.0. The van der Waals surface area contributed by atoms with Gasteiger partial charge < -0.3 is 5.32 Å². The van der Waals surface area contributed by atoms with Crippen LogP contribution in [0.2, 0.25) is 0 Å². The van der Waals surface area contributed by atoms with Crippen molar-refractivity contribution in [3.63, 3.8) is 0 Å². The molecule has 0 radical (unpaired) electrons. The SMILES string of the molecule is CCN(CC)C(C)(C)C(Cc1c(Br)c(C)nn1CC)NC. The zero-order chi connectivity index (χ0) is 16.2. The minimum Gasteiger partial charge on any atom is -0.315 e. The van der Waals surface area contributed by atoms with Crippen molar-refractivity contribution >= 4 is 15.9 Å². The molecule has 1 rings (SSSR count). The molecular weight excluding hydrogens is 328 g/mol. The van der Waals surface area contributed by atoms with Crippen LogP contribution in [0.5, 0.6) is 0 Å². The van der Waals surface area contributed by atoms with Crippen molar-refractivity contribution < 1.29 is 0 Å². The summed E-state index contributed by atoms with van der Waals surface area (Å²) in [5, 5.41) is 8.14. The molecule has 0 saturated heterocycles. The van der Waals surface area contributed by atoms with Crippen LogP contribution in [0, 0.1) is 6.92 Å². The van der Waals surface area contributed by atoms with Crippen molar-refractivity contribution in [2.24, 2.45) is 0 Å². The van der Waals surface area contributed by atoms with E-state index in [9.17, 15) is 0 Å². The van der Waals surface area contributed by atoms with Gasteiger partial charge in [-0.3, -0.25) is 9.58 Å². The highest BCUT2D eigenvalue weighted by molar-refractivity contribution is 9.10. The first-order chi connectivity index (χ1) is 9.83. The summed E-state index contributed by atoms with van der Waals surface area (Å²) in [6, 6.07) is 0.370. The van der Waals surface area contributed by atoms with E-state index in [0.717, 1.165) is 36.2 Å². The zero-order valence-electron chi connectivity index (χ0n) is 14.6. The van der Waals surface area contributed by atoms with Crippen molar-refractivity contribution in [2.45, 2.75) is 66.1 Å². The lowest BCUT2D eigenvalue weighted by Crippen LogP contribution is -2.58. The first kappa shape index (κ1) is 18.7. The largest absolute Gasteiger partial charge is 0.315 e. The van der Waals surface area contributed by atoms with E-state index in [4.69, 9.17) is 0 Å². The Morgan fingerprint density at radius 3 is 2.29 bits per heavy atom. The number of halogens is 1. The van der Waals surface area contributed by atoms with Crippen LogP contribution in [0.1, 0.15) is 46.0 Å². The molecule has 0 bridgehead atoms. The molecule has 0 spiro atoms. The van der Waals surface area contributed by atoms with Gasteiger partial charge in [0, 0.05) is 24.5 Å². The molecule has 4 nitrogen and oxygen atoms in total. The van der Waals surface area contributed by atoms with Crippen LogP contribution in [0.25, 0.3) is 0 Å². The van der Waals surface area contributed by atoms with E-state index in [0.29, 0.717) is 6.04 Å². The minimum absolute atomic E-state index is 0.0917. The van der Waals surface area contributed by atoms with E-state index in [1.54, 1.807) is 0 Å². The second-order valence-electron chi connectivity index (χ2n) is 6.03. The second-order valence-corrected chi connectivity index (χ2v) is 6.83. The Morgan fingerprint density at radius 2 is 1.86 bits per heavy atom. The highest BCUT2D eigenvalue weighted by Gasteiger charge is 2.34. The zero-order valence-corrected chi connectivity index (χ0v) is 16.2. The third-order valence-electron chi connectivity index (χ3n) is 4.63. The van der Waals surface area contributed by atoms with Crippen LogP contribution in [0.3, 0.4) is 0 Å². The molecule has 1 aromatic heterocycles. The van der Waals surface area contributed by atoms with Gasteiger partial charge in [0.05, 0.1) is 15.9 Å². The van der Waals surface area contributed by atoms with Gasteiger partial charge in [0.25, 0.3) is 0 Å². The molecule has 0 fully saturated rings. The molecule has 0 aromatic carbocycles. The fourth-order valence-corrected chi connectivity index (χ4v) is 3.67. The van der Waals surface area contributed by atoms with Crippen molar-refractivity contribution in [1.82, 2.24) is 20.0 Å². The summed E-state index contributed by atoms with van der Waals surface area (Å²) >= 11 is 3.71. The van der Waals surface area contributed by atoms with E-state index in [1.165, 1.54) is 5.69 Å². The van der Waals surface area contributed by atoms with Gasteiger partial charge in [-0.05, 0) is 63.8 Å². The first-order valence-corrected chi connectivity index (χ1v) is 8.76. The topological polar surface area (TPSA) is 33.1 Å². The molecule has 0 amide bonds. The van der Waals surface area contributed by atoms with Crippen LogP contribution < -0.4 is 5.32 Å². The predicted molar refractivity (Wildman–Crippen MR) is 93.9 cm³/mol. The van der Waals surface area contributed by atoms with Crippen molar-refractivity contribution in [3.8, 4) is 0 Å². The monoisotopic (exact) mass is 358 g/mol. The standard InChI is InChI=1S/C16H31BrN4/c1-8-20(9-2)16(5,6)14(18-7)11-13-15(17)12(4)19-21(13)10-3/h14,18H,8-11H2,1-7H3. The number of hydrogen-bond donors (Lipinski definition) is 1. The molecule has 0 aliphatic heterocycles. The Morgan fingerprint density at radius 1 is 1.29 bits per heavy atom. The number of rotatable bonds is 8. The molecule has 0 aliphatic carbocycles. The summed E-state index contributed by atoms with van der Waals surface area (Å²) in [5.74, 6) is 0. The number of aromatic nitrogens is 2. The van der Waals surface area contributed by atoms with E-state index < -0.39 is 0 Å². The summed E-state index contributed by atoms with van der Waals surface area (Å²) in [4.78, 5) is 2.52. The maximum absolute atomic E-state index is 4.61. The maximum Gasteiger partial charge on any atom is 0.0738 e. The fourth-order valence-electron chi connectivity index (χ4n) is 3.22. The Hall–Kier alpha value is -0.390. The van der Waals surface area contributed by atoms with Gasteiger partial charge in [-0.15, -0.1) is 0 Å². The molecule has 1 aromatic rings. The average molecular weight is 359 g/mol. The smallest absolute Gasteiger partial charge is 0.0738 e. The number of likely N-dealkylation sites (N-methyl/N-ethyl adjacent to an activating group) is 2. The maximum atomic E-state index is 4.61. The molecule has 21 heavy (non-hydrogen) atoms. The number of nitrogens with zero attached hydrogens (tertiary/aromatic N) is 3. The lowest BCUT2D eigenvalue weighted by molar-refractivity contribution is 0.0934. The average Bonchev–Trinajstić information content (AvgIpc) is 2.72. The Labute approximate surface area is 138 Å². The molecular formula is C16H31BrN4. The summed E-state index contributed by atoms with van der Waals surface area (Å²) in [5.41, 5.74) is 2.45. The molecule has 0 saturated carbocycles. The second kappa shape index (κ2) is 7.75. The van der Waals surface area contributed by atoms with Gasteiger partial charge in [0.2, 0.25) is 0 Å². The van der Waals surface area contributed by atoms with Crippen LogP contribution >= 0.6 is 15.9 Å². The fraction of sp³-hybridized carbons (Fsp3) is 0.812. The van der Waals surface area contributed by atoms with Gasteiger partial charge in [0.1, 0.15) is 0 Å². The van der Waals surface area contributed by atoms with Crippen molar-refractivity contribution in [2.75, 3.05) is 20.1 Å². The minimum atomic E-state index is 0.0917. The molecule has 1 atom stereocenters. The highest BCUT2D eigenvalue weighted by atomic mass is 79.9. The molecule has 1 N–H and O–H groups in total. The Bertz CT molecular complexity index is 449. The molecule has 5 heteroatoms. The summed E-state index contributed by atoms with van der Waals surface area (Å²) in [7, 11) is 2.06. The third kappa shape index (κ3) is 3.88. The Kier molecular flexibility index (Phi) is 6.88. The van der Waals surface area contributed by atoms with Crippen LogP contribution in [-0.2, 0) is 13.0 Å². The predicted octanol–water partition coefficient (Wildman–Crippen LogP) is 3.22. The van der Waals surface area contributed by atoms with Crippen molar-refractivity contribution in [3.05, 3.63) is 15.9 Å². The quantitative estimate of drug-likeness (QED) is 0.774. The van der Waals surface area contributed by atoms with Gasteiger partial charge >= 0.3 is 0 Å². The summed E-state index contributed by atoms with van der Waals surface area (Å²) < 4.78 is 3.27. The van der Waals surface area contributed by atoms with Gasteiger partial charge in [-0.1, -0.05) is 13.8 Å². The number of nitrogens with one attached hydrogen (secondary N) is 1. The first-order valence-electron chi connectivity index (χ1n) is 7.97. The molecule has 1 heterocycles. The van der Waals surface area contributed by atoms with Gasteiger partial charge in [-0.25, -0.2) is 0 Å². The summed E-state index contributed by atoms with van der Waals surface area (Å²) in [6.45, 7) is 16.4. The molecule has 1 unspecified atom stereocenters. The lowest BCUT2D eigenvalue weighted by atomic mass is 9.88. The lowest BCUT2D eigenvalue weighted by Gasteiger charge is -2.43. The van der Waals surface area contributed by atoms with Crippen LogP contribution in [0.15, 0.2) is 4.47 Å². The van der Waals surface area contributed by atoms with Crippen LogP contribution in [0.4, 0.5) is 0 Å². The molecule has 122 valence electrons. The number of aryl methyl sites for hydroxylation is 2. The van der Waals surface area contributed by atoms with E-state index >= 15 is 0 Å². The van der Waals surface area contributed by atoms with Crippen molar-refractivity contribution in [1.29, 1.82) is 0 Å². The summed E-state index contributed by atoms with van der Waals surface area (Å²) in [6.07, 6.45) is 0.968. The van der Waals surface area contributed by atoms with E-state index in [2.05, 4.69) is 84.5 Å².